The Kier molecular flexibility index (Phi) is 2.64. The topological polar surface area (TPSA) is 40.5 Å². The quantitative estimate of drug-likeness (QED) is 0.872. The smallest absolute Gasteiger partial charge is 0.307 e. The van der Waals surface area contributed by atoms with E-state index in [2.05, 4.69) is 0 Å². The second-order valence-electron chi connectivity index (χ2n) is 5.57. The summed E-state index contributed by atoms with van der Waals surface area (Å²) in [6.07, 6.45) is 0. The van der Waals surface area contributed by atoms with Crippen molar-refractivity contribution >= 4 is 11.7 Å². The molecule has 0 heterocycles. The van der Waals surface area contributed by atoms with Crippen LogP contribution in [0, 0.1) is 11.3 Å². The van der Waals surface area contributed by atoms with Crippen LogP contribution in [0.3, 0.4) is 0 Å². The molecule has 0 radical (unpaired) electrons. The van der Waals surface area contributed by atoms with Crippen molar-refractivity contribution in [1.29, 1.82) is 0 Å². The molecule has 17 heavy (non-hydrogen) atoms. The first-order chi connectivity index (χ1) is 7.87. The fraction of sp³-hybridized carbons (Fsp3) is 0.500. The number of hydrogen-bond donors (Lipinski definition) is 1. The Bertz CT molecular complexity index is 451. The van der Waals surface area contributed by atoms with Gasteiger partial charge in [0.15, 0.2) is 0 Å². The summed E-state index contributed by atoms with van der Waals surface area (Å²) in [5.74, 6) is -0.823. The van der Waals surface area contributed by atoms with E-state index in [9.17, 15) is 9.90 Å². The molecule has 2 atom stereocenters. The molecule has 2 rings (SSSR count). The summed E-state index contributed by atoms with van der Waals surface area (Å²) in [5, 5.41) is 9.24. The molecule has 3 nitrogen and oxygen atoms in total. The number of carboxylic acids is 1. The van der Waals surface area contributed by atoms with Crippen molar-refractivity contribution in [3.8, 4) is 0 Å². The van der Waals surface area contributed by atoms with Crippen molar-refractivity contribution < 1.29 is 9.90 Å². The Morgan fingerprint density at radius 1 is 1.29 bits per heavy atom. The molecule has 0 spiro atoms. The van der Waals surface area contributed by atoms with Gasteiger partial charge >= 0.3 is 5.97 Å². The molecule has 92 valence electrons. The number of para-hydroxylation sites is 1. The van der Waals surface area contributed by atoms with Gasteiger partial charge in [0.2, 0.25) is 0 Å². The number of nitrogens with zero attached hydrogens (tertiary/aromatic N) is 1. The summed E-state index contributed by atoms with van der Waals surface area (Å²) in [5.41, 5.74) is 2.13. The van der Waals surface area contributed by atoms with Gasteiger partial charge in [-0.3, -0.25) is 4.79 Å². The van der Waals surface area contributed by atoms with Gasteiger partial charge in [-0.1, -0.05) is 32.0 Å². The number of anilines is 1. The van der Waals surface area contributed by atoms with Crippen LogP contribution in [0.5, 0.6) is 0 Å². The predicted octanol–water partition coefficient (Wildman–Crippen LogP) is 2.58. The maximum Gasteiger partial charge on any atom is 0.307 e. The van der Waals surface area contributed by atoms with Crippen molar-refractivity contribution in [2.24, 2.45) is 11.3 Å². The molecule has 1 aromatic carbocycles. The van der Waals surface area contributed by atoms with E-state index in [1.165, 1.54) is 0 Å². The van der Waals surface area contributed by atoms with E-state index in [1.807, 2.05) is 57.1 Å². The van der Waals surface area contributed by atoms with Crippen molar-refractivity contribution in [3.05, 3.63) is 29.8 Å². The lowest BCUT2D eigenvalue weighted by Crippen LogP contribution is -2.11. The van der Waals surface area contributed by atoms with E-state index < -0.39 is 5.97 Å². The van der Waals surface area contributed by atoms with Crippen LogP contribution in [-0.2, 0) is 4.79 Å². The maximum atomic E-state index is 11.2. The monoisotopic (exact) mass is 233 g/mol. The molecule has 1 saturated carbocycles. The van der Waals surface area contributed by atoms with Gasteiger partial charge < -0.3 is 10.0 Å². The van der Waals surface area contributed by atoms with Gasteiger partial charge in [-0.2, -0.15) is 0 Å². The normalized spacial score (nSPS) is 25.4. The Morgan fingerprint density at radius 3 is 2.35 bits per heavy atom. The average Bonchev–Trinajstić information content (AvgIpc) is 2.81. The van der Waals surface area contributed by atoms with Crippen LogP contribution in [0.25, 0.3) is 0 Å². The third-order valence-electron chi connectivity index (χ3n) is 3.85. The molecule has 1 fully saturated rings. The molecular weight excluding hydrogens is 214 g/mol. The highest BCUT2D eigenvalue weighted by Gasteiger charge is 2.63. The molecule has 0 bridgehead atoms. The first-order valence-electron chi connectivity index (χ1n) is 5.86. The highest BCUT2D eigenvalue weighted by molar-refractivity contribution is 5.79. The first kappa shape index (κ1) is 12.0. The molecule has 0 amide bonds. The van der Waals surface area contributed by atoms with Crippen molar-refractivity contribution in [1.82, 2.24) is 0 Å². The largest absolute Gasteiger partial charge is 0.481 e. The standard InChI is InChI=1S/C14H19NO2/c1-14(2)11(12(14)13(16)17)9-7-5-6-8-10(9)15(3)4/h5-8,11-12H,1-4H3,(H,16,17). The SMILES string of the molecule is CN(C)c1ccccc1C1C(C(=O)O)C1(C)C. The number of aliphatic carboxylic acids is 1. The lowest BCUT2D eigenvalue weighted by Gasteiger charge is -2.18. The minimum atomic E-state index is -0.687. The molecule has 1 N–H and O–H groups in total. The van der Waals surface area contributed by atoms with Crippen LogP contribution in [0.1, 0.15) is 25.3 Å². The van der Waals surface area contributed by atoms with Gasteiger partial charge in [0.25, 0.3) is 0 Å². The number of rotatable bonds is 3. The second kappa shape index (κ2) is 3.76. The summed E-state index contributed by atoms with van der Waals surface area (Å²) < 4.78 is 0. The molecule has 1 aliphatic carbocycles. The lowest BCUT2D eigenvalue weighted by atomic mass is 10.0. The predicted molar refractivity (Wildman–Crippen MR) is 68.4 cm³/mol. The van der Waals surface area contributed by atoms with Crippen molar-refractivity contribution in [2.75, 3.05) is 19.0 Å². The van der Waals surface area contributed by atoms with Gasteiger partial charge in [-0.15, -0.1) is 0 Å². The zero-order valence-corrected chi connectivity index (χ0v) is 10.8. The lowest BCUT2D eigenvalue weighted by molar-refractivity contribution is -0.139. The van der Waals surface area contributed by atoms with E-state index in [-0.39, 0.29) is 17.3 Å². The number of benzene rings is 1. The minimum absolute atomic E-state index is 0.124. The number of carbonyl (C=O) groups is 1. The Morgan fingerprint density at radius 2 is 1.88 bits per heavy atom. The summed E-state index contributed by atoms with van der Waals surface area (Å²) in [7, 11) is 3.98. The Balaban J connectivity index is 2.40. The Hall–Kier alpha value is -1.51. The average molecular weight is 233 g/mol. The van der Waals surface area contributed by atoms with Crippen LogP contribution in [-0.4, -0.2) is 25.2 Å². The van der Waals surface area contributed by atoms with Gasteiger partial charge in [-0.05, 0) is 17.0 Å². The number of hydrogen-bond acceptors (Lipinski definition) is 2. The van der Waals surface area contributed by atoms with Gasteiger partial charge in [-0.25, -0.2) is 0 Å². The van der Waals surface area contributed by atoms with Crippen LogP contribution in [0.2, 0.25) is 0 Å². The second-order valence-corrected chi connectivity index (χ2v) is 5.57. The molecule has 3 heteroatoms. The van der Waals surface area contributed by atoms with E-state index >= 15 is 0 Å². The van der Waals surface area contributed by atoms with E-state index in [0.29, 0.717) is 0 Å². The van der Waals surface area contributed by atoms with Gasteiger partial charge in [0.05, 0.1) is 5.92 Å². The molecule has 0 aliphatic heterocycles. The Labute approximate surface area is 102 Å². The fourth-order valence-corrected chi connectivity index (χ4v) is 2.84. The summed E-state index contributed by atoms with van der Waals surface area (Å²) in [6.45, 7) is 4.06. The highest BCUT2D eigenvalue weighted by Crippen LogP contribution is 2.65. The third-order valence-corrected chi connectivity index (χ3v) is 3.85. The fourth-order valence-electron chi connectivity index (χ4n) is 2.84. The van der Waals surface area contributed by atoms with Crippen molar-refractivity contribution in [3.63, 3.8) is 0 Å². The molecule has 1 aromatic rings. The van der Waals surface area contributed by atoms with E-state index in [1.54, 1.807) is 0 Å². The van der Waals surface area contributed by atoms with Crippen LogP contribution < -0.4 is 4.90 Å². The number of carboxylic acid groups (broad SMARTS) is 1. The highest BCUT2D eigenvalue weighted by atomic mass is 16.4. The molecule has 0 aromatic heterocycles. The zero-order valence-electron chi connectivity index (χ0n) is 10.8. The third kappa shape index (κ3) is 1.79. The van der Waals surface area contributed by atoms with Crippen LogP contribution in [0.15, 0.2) is 24.3 Å². The molecule has 1 aliphatic rings. The van der Waals surface area contributed by atoms with Crippen LogP contribution >= 0.6 is 0 Å². The minimum Gasteiger partial charge on any atom is -0.481 e. The van der Waals surface area contributed by atoms with Crippen LogP contribution in [0.4, 0.5) is 5.69 Å². The molecule has 0 saturated heterocycles. The zero-order chi connectivity index (χ0) is 12.8. The van der Waals surface area contributed by atoms with Gasteiger partial charge in [0.1, 0.15) is 0 Å². The first-order valence-corrected chi connectivity index (χ1v) is 5.86. The summed E-state index contributed by atoms with van der Waals surface area (Å²) >= 11 is 0. The van der Waals surface area contributed by atoms with E-state index in [0.717, 1.165) is 11.3 Å². The molecular formula is C14H19NO2. The molecule has 2 unspecified atom stereocenters. The van der Waals surface area contributed by atoms with Gasteiger partial charge in [0, 0.05) is 25.7 Å². The summed E-state index contributed by atoms with van der Waals surface area (Å²) in [4.78, 5) is 13.3. The van der Waals surface area contributed by atoms with Crippen molar-refractivity contribution in [2.45, 2.75) is 19.8 Å². The maximum absolute atomic E-state index is 11.2. The van der Waals surface area contributed by atoms with E-state index in [4.69, 9.17) is 0 Å². The summed E-state index contributed by atoms with van der Waals surface area (Å²) in [6, 6.07) is 8.06.